The fourth-order valence-corrected chi connectivity index (χ4v) is 4.87. The zero-order valence-corrected chi connectivity index (χ0v) is 12.9. The summed E-state index contributed by atoms with van der Waals surface area (Å²) in [6.07, 6.45) is 2.34. The van der Waals surface area contributed by atoms with E-state index >= 15 is 0 Å². The Morgan fingerprint density at radius 2 is 0.952 bits per heavy atom. The monoisotopic (exact) mass is 290 g/mol. The minimum absolute atomic E-state index is 0.275. The normalized spacial score (nSPS) is 10.7. The Balaban J connectivity index is 1.83. The molecule has 0 fully saturated rings. The van der Waals surface area contributed by atoms with Gasteiger partial charge in [0, 0.05) is 0 Å². The third-order valence-corrected chi connectivity index (χ3v) is 6.12. The van der Waals surface area contributed by atoms with Gasteiger partial charge in [-0.15, -0.1) is 0 Å². The minimum atomic E-state index is -0.275. The minimum Gasteiger partial charge on any atom is -0.0622 e. The first-order valence-corrected chi connectivity index (χ1v) is 8.88. The lowest BCUT2D eigenvalue weighted by molar-refractivity contribution is 1.15. The highest BCUT2D eigenvalue weighted by atomic mass is 31.1. The van der Waals surface area contributed by atoms with Gasteiger partial charge in [-0.05, 0) is 36.7 Å². The average Bonchev–Trinajstić information content (AvgIpc) is 2.58. The van der Waals surface area contributed by atoms with E-state index < -0.39 is 0 Å². The number of rotatable bonds is 5. The lowest BCUT2D eigenvalue weighted by atomic mass is 10.2. The maximum atomic E-state index is 2.27. The molecule has 0 aliphatic carbocycles. The van der Waals surface area contributed by atoms with Crippen molar-refractivity contribution in [3.63, 3.8) is 0 Å². The third kappa shape index (κ3) is 3.80. The highest BCUT2D eigenvalue weighted by molar-refractivity contribution is 7.73. The first kappa shape index (κ1) is 14.0. The van der Waals surface area contributed by atoms with Crippen LogP contribution in [0.15, 0.2) is 91.0 Å². The first-order valence-electron chi connectivity index (χ1n) is 7.35. The molecule has 0 aliphatic heterocycles. The summed E-state index contributed by atoms with van der Waals surface area (Å²) in [5.41, 5.74) is 1.43. The van der Waals surface area contributed by atoms with Crippen LogP contribution in [0.25, 0.3) is 0 Å². The summed E-state index contributed by atoms with van der Waals surface area (Å²) in [6, 6.07) is 32.6. The summed E-state index contributed by atoms with van der Waals surface area (Å²) in [5, 5.41) is 2.93. The molecule has 0 aromatic heterocycles. The molecule has 104 valence electrons. The molecule has 0 amide bonds. The molecule has 3 aromatic carbocycles. The van der Waals surface area contributed by atoms with E-state index in [0.29, 0.717) is 0 Å². The molecule has 0 unspecified atom stereocenters. The molecular weight excluding hydrogens is 271 g/mol. The summed E-state index contributed by atoms with van der Waals surface area (Å²) in [6.45, 7) is 0. The van der Waals surface area contributed by atoms with E-state index in [9.17, 15) is 0 Å². The van der Waals surface area contributed by atoms with Gasteiger partial charge in [0.05, 0.1) is 0 Å². The summed E-state index contributed by atoms with van der Waals surface area (Å²) in [7, 11) is -0.275. The van der Waals surface area contributed by atoms with Crippen LogP contribution in [0.1, 0.15) is 5.56 Å². The van der Waals surface area contributed by atoms with E-state index in [2.05, 4.69) is 91.0 Å². The van der Waals surface area contributed by atoms with E-state index in [4.69, 9.17) is 0 Å². The quantitative estimate of drug-likeness (QED) is 0.612. The zero-order chi connectivity index (χ0) is 14.3. The van der Waals surface area contributed by atoms with Gasteiger partial charge in [0.2, 0.25) is 0 Å². The van der Waals surface area contributed by atoms with Crippen LogP contribution in [-0.4, -0.2) is 6.16 Å². The van der Waals surface area contributed by atoms with Crippen molar-refractivity contribution in [3.8, 4) is 0 Å². The van der Waals surface area contributed by atoms with Crippen LogP contribution in [0.3, 0.4) is 0 Å². The van der Waals surface area contributed by atoms with E-state index in [0.717, 1.165) is 6.42 Å². The molecule has 3 rings (SSSR count). The van der Waals surface area contributed by atoms with Crippen LogP contribution in [0.4, 0.5) is 0 Å². The lowest BCUT2D eigenvalue weighted by Crippen LogP contribution is -2.14. The SMILES string of the molecule is c1ccc(CCP(c2ccccc2)c2ccccc2)cc1. The summed E-state index contributed by atoms with van der Waals surface area (Å²) in [5.74, 6) is 0. The van der Waals surface area contributed by atoms with Crippen LogP contribution in [0.2, 0.25) is 0 Å². The second-order valence-electron chi connectivity index (χ2n) is 5.06. The highest BCUT2D eigenvalue weighted by Crippen LogP contribution is 2.34. The molecule has 0 spiro atoms. The van der Waals surface area contributed by atoms with Gasteiger partial charge < -0.3 is 0 Å². The number of hydrogen-bond donors (Lipinski definition) is 0. The van der Waals surface area contributed by atoms with Gasteiger partial charge in [-0.3, -0.25) is 0 Å². The van der Waals surface area contributed by atoms with Crippen LogP contribution >= 0.6 is 7.92 Å². The van der Waals surface area contributed by atoms with Crippen molar-refractivity contribution in [3.05, 3.63) is 96.6 Å². The van der Waals surface area contributed by atoms with Crippen LogP contribution in [0.5, 0.6) is 0 Å². The molecule has 0 bridgehead atoms. The molecule has 0 aliphatic rings. The Morgan fingerprint density at radius 3 is 1.43 bits per heavy atom. The van der Waals surface area contributed by atoms with Gasteiger partial charge in [0.25, 0.3) is 0 Å². The average molecular weight is 290 g/mol. The first-order chi connectivity index (χ1) is 10.4. The standard InChI is InChI=1S/C20H19P/c1-4-10-18(11-5-1)16-17-21(19-12-6-2-7-13-19)20-14-8-3-9-15-20/h1-15H,16-17H2. The van der Waals surface area contributed by atoms with Crippen molar-refractivity contribution in [2.24, 2.45) is 0 Å². The van der Waals surface area contributed by atoms with Crippen molar-refractivity contribution in [1.82, 2.24) is 0 Å². The highest BCUT2D eigenvalue weighted by Gasteiger charge is 2.12. The zero-order valence-electron chi connectivity index (χ0n) is 12.0. The molecule has 0 N–H and O–H groups in total. The van der Waals surface area contributed by atoms with Crippen molar-refractivity contribution < 1.29 is 0 Å². The van der Waals surface area contributed by atoms with E-state index in [1.165, 1.54) is 22.3 Å². The van der Waals surface area contributed by atoms with E-state index in [-0.39, 0.29) is 7.92 Å². The van der Waals surface area contributed by atoms with Gasteiger partial charge in [-0.1, -0.05) is 91.0 Å². The van der Waals surface area contributed by atoms with Gasteiger partial charge in [-0.2, -0.15) is 0 Å². The predicted molar refractivity (Wildman–Crippen MR) is 94.1 cm³/mol. The molecule has 0 nitrogen and oxygen atoms in total. The largest absolute Gasteiger partial charge is 0.0622 e. The van der Waals surface area contributed by atoms with E-state index in [1.54, 1.807) is 0 Å². The van der Waals surface area contributed by atoms with Crippen LogP contribution in [-0.2, 0) is 6.42 Å². The fraction of sp³-hybridized carbons (Fsp3) is 0.100. The molecule has 1 heteroatoms. The van der Waals surface area contributed by atoms with Crippen LogP contribution < -0.4 is 10.6 Å². The van der Waals surface area contributed by atoms with Gasteiger partial charge in [0.15, 0.2) is 0 Å². The number of aryl methyl sites for hydroxylation is 1. The maximum absolute atomic E-state index is 2.27. The van der Waals surface area contributed by atoms with Crippen LogP contribution in [0, 0.1) is 0 Å². The molecule has 0 atom stereocenters. The van der Waals surface area contributed by atoms with Crippen molar-refractivity contribution in [1.29, 1.82) is 0 Å². The fourth-order valence-electron chi connectivity index (χ4n) is 2.51. The Labute approximate surface area is 128 Å². The second kappa shape index (κ2) is 7.20. The number of hydrogen-bond acceptors (Lipinski definition) is 0. The van der Waals surface area contributed by atoms with Gasteiger partial charge in [-0.25, -0.2) is 0 Å². The Morgan fingerprint density at radius 1 is 0.524 bits per heavy atom. The van der Waals surface area contributed by atoms with E-state index in [1.807, 2.05) is 0 Å². The predicted octanol–water partition coefficient (Wildman–Crippen LogP) is 4.36. The van der Waals surface area contributed by atoms with Gasteiger partial charge in [0.1, 0.15) is 0 Å². The van der Waals surface area contributed by atoms with Crippen molar-refractivity contribution in [2.75, 3.05) is 6.16 Å². The molecule has 0 saturated carbocycles. The topological polar surface area (TPSA) is 0 Å². The smallest absolute Gasteiger partial charge is 0.0195 e. The Hall–Kier alpha value is -1.91. The molecule has 0 radical (unpaired) electrons. The molecule has 21 heavy (non-hydrogen) atoms. The second-order valence-corrected chi connectivity index (χ2v) is 7.39. The number of benzene rings is 3. The van der Waals surface area contributed by atoms with Gasteiger partial charge >= 0.3 is 0 Å². The maximum Gasteiger partial charge on any atom is -0.0195 e. The Bertz CT molecular complexity index is 608. The van der Waals surface area contributed by atoms with Crippen molar-refractivity contribution in [2.45, 2.75) is 6.42 Å². The lowest BCUT2D eigenvalue weighted by Gasteiger charge is -2.18. The molecule has 3 aromatic rings. The molecular formula is C20H19P. The summed E-state index contributed by atoms with van der Waals surface area (Å²) in [4.78, 5) is 0. The summed E-state index contributed by atoms with van der Waals surface area (Å²) >= 11 is 0. The molecule has 0 saturated heterocycles. The third-order valence-electron chi connectivity index (χ3n) is 3.60. The molecule has 0 heterocycles. The Kier molecular flexibility index (Phi) is 4.82. The summed E-state index contributed by atoms with van der Waals surface area (Å²) < 4.78 is 0. The van der Waals surface area contributed by atoms with Crippen molar-refractivity contribution >= 4 is 18.5 Å².